The molecule has 4 N–H and O–H groups in total. The first-order valence-corrected chi connectivity index (χ1v) is 14.0. The summed E-state index contributed by atoms with van der Waals surface area (Å²) in [4.78, 5) is 29.2. The van der Waals surface area contributed by atoms with Gasteiger partial charge in [-0.2, -0.15) is 0 Å². The molecule has 1 fully saturated rings. The number of carbonyl (C=O) groups is 1. The molecule has 0 aliphatic carbocycles. The Morgan fingerprint density at radius 2 is 1.97 bits per heavy atom. The van der Waals surface area contributed by atoms with Crippen molar-refractivity contribution in [3.05, 3.63) is 62.8 Å². The summed E-state index contributed by atoms with van der Waals surface area (Å²) in [5, 5.41) is 16.3. The van der Waals surface area contributed by atoms with Crippen molar-refractivity contribution in [2.75, 3.05) is 45.9 Å². The van der Waals surface area contributed by atoms with Crippen molar-refractivity contribution >= 4 is 27.5 Å². The smallest absolute Gasteiger partial charge is 0.305 e. The maximum absolute atomic E-state index is 12.5. The Labute approximate surface area is 222 Å². The van der Waals surface area contributed by atoms with E-state index in [-0.39, 0.29) is 16.5 Å². The number of amides is 1. The zero-order valence-electron chi connectivity index (χ0n) is 21.6. The highest BCUT2D eigenvalue weighted by molar-refractivity contribution is 7.16. The Hall–Kier alpha value is -2.72. The third-order valence-electron chi connectivity index (χ3n) is 6.94. The molecule has 0 atom stereocenters. The number of phenols is 1. The molecule has 37 heavy (non-hydrogen) atoms. The lowest BCUT2D eigenvalue weighted by molar-refractivity contribution is -0.121. The number of nitrogens with zero attached hydrogens (tertiary/aromatic N) is 1. The Bertz CT molecular complexity index is 1220. The number of benzene rings is 2. The van der Waals surface area contributed by atoms with Crippen LogP contribution in [0.4, 0.5) is 0 Å². The highest BCUT2D eigenvalue weighted by atomic mass is 32.1. The van der Waals surface area contributed by atoms with Gasteiger partial charge in [0.2, 0.25) is 5.91 Å². The monoisotopic (exact) mass is 526 g/mol. The molecule has 0 unspecified atom stereocenters. The van der Waals surface area contributed by atoms with Gasteiger partial charge in [-0.15, -0.1) is 0 Å². The van der Waals surface area contributed by atoms with Crippen molar-refractivity contribution < 1.29 is 14.6 Å². The molecule has 2 aromatic carbocycles. The number of phenolic OH excluding ortho intramolecular Hbond substituents is 1. The third kappa shape index (κ3) is 8.13. The topological polar surface area (TPSA) is 107 Å². The first-order valence-electron chi connectivity index (χ1n) is 13.2. The fourth-order valence-electron chi connectivity index (χ4n) is 4.91. The molecule has 1 aliphatic heterocycles. The number of rotatable bonds is 13. The van der Waals surface area contributed by atoms with E-state index < -0.39 is 0 Å². The second-order valence-electron chi connectivity index (χ2n) is 9.68. The number of carbonyl (C=O) groups excluding carboxylic acids is 1. The lowest BCUT2D eigenvalue weighted by Gasteiger charge is -2.34. The largest absolute Gasteiger partial charge is 0.506 e. The molecule has 1 saturated heterocycles. The number of ether oxygens (including phenoxy) is 1. The van der Waals surface area contributed by atoms with Crippen molar-refractivity contribution in [1.82, 2.24) is 20.5 Å². The molecule has 0 saturated carbocycles. The van der Waals surface area contributed by atoms with Crippen LogP contribution in [0.15, 0.2) is 41.2 Å². The van der Waals surface area contributed by atoms with Crippen LogP contribution in [0.1, 0.15) is 36.0 Å². The van der Waals surface area contributed by atoms with E-state index in [1.807, 2.05) is 6.07 Å². The molecule has 2 heterocycles. The molecular formula is C28H38N4O4S. The summed E-state index contributed by atoms with van der Waals surface area (Å²) in [6.45, 7) is 7.38. The molecule has 0 spiro atoms. The minimum atomic E-state index is -0.168. The van der Waals surface area contributed by atoms with Crippen LogP contribution in [0.25, 0.3) is 10.2 Å². The molecule has 8 nitrogen and oxygen atoms in total. The van der Waals surface area contributed by atoms with E-state index in [0.717, 1.165) is 80.1 Å². The van der Waals surface area contributed by atoms with E-state index in [9.17, 15) is 14.7 Å². The zero-order valence-corrected chi connectivity index (χ0v) is 22.4. The van der Waals surface area contributed by atoms with Gasteiger partial charge in [-0.05, 0) is 56.3 Å². The van der Waals surface area contributed by atoms with Gasteiger partial charge in [-0.3, -0.25) is 14.5 Å². The highest BCUT2D eigenvalue weighted by Crippen LogP contribution is 2.27. The maximum Gasteiger partial charge on any atom is 0.305 e. The van der Waals surface area contributed by atoms with Crippen LogP contribution in [-0.2, 0) is 22.4 Å². The van der Waals surface area contributed by atoms with Crippen molar-refractivity contribution in [2.24, 2.45) is 0 Å². The Balaban J connectivity index is 1.16. The SMILES string of the molecule is Cc1cccc(CCN(CCC(=O)NCCNCCc2ccc(O)c3[nH]c(=O)sc23)C2CCOCC2)c1. The van der Waals surface area contributed by atoms with Gasteiger partial charge in [0.25, 0.3) is 0 Å². The Morgan fingerprint density at radius 3 is 2.78 bits per heavy atom. The predicted octanol–water partition coefficient (Wildman–Crippen LogP) is 2.97. The van der Waals surface area contributed by atoms with Gasteiger partial charge in [0, 0.05) is 51.9 Å². The van der Waals surface area contributed by atoms with Crippen LogP contribution < -0.4 is 15.5 Å². The molecule has 0 radical (unpaired) electrons. The fourth-order valence-corrected chi connectivity index (χ4v) is 5.81. The summed E-state index contributed by atoms with van der Waals surface area (Å²) >= 11 is 1.12. The average molecular weight is 527 g/mol. The molecule has 1 aromatic heterocycles. The molecule has 9 heteroatoms. The van der Waals surface area contributed by atoms with Gasteiger partial charge < -0.3 is 25.5 Å². The van der Waals surface area contributed by atoms with E-state index in [4.69, 9.17) is 4.74 Å². The van der Waals surface area contributed by atoms with Crippen LogP contribution in [0, 0.1) is 6.92 Å². The number of aromatic amines is 1. The molecule has 4 rings (SSSR count). The van der Waals surface area contributed by atoms with Gasteiger partial charge in [0.1, 0.15) is 11.3 Å². The van der Waals surface area contributed by atoms with Crippen LogP contribution >= 0.6 is 11.3 Å². The summed E-state index contributed by atoms with van der Waals surface area (Å²) in [7, 11) is 0. The van der Waals surface area contributed by atoms with E-state index in [0.29, 0.717) is 31.1 Å². The van der Waals surface area contributed by atoms with Gasteiger partial charge in [0.15, 0.2) is 0 Å². The predicted molar refractivity (Wildman–Crippen MR) is 149 cm³/mol. The molecule has 200 valence electrons. The minimum Gasteiger partial charge on any atom is -0.506 e. The van der Waals surface area contributed by atoms with Crippen molar-refractivity contribution in [1.29, 1.82) is 0 Å². The van der Waals surface area contributed by atoms with Gasteiger partial charge in [-0.1, -0.05) is 47.2 Å². The summed E-state index contributed by atoms with van der Waals surface area (Å²) in [5.74, 6) is 0.171. The number of aromatic hydroxyl groups is 1. The lowest BCUT2D eigenvalue weighted by Crippen LogP contribution is -2.43. The van der Waals surface area contributed by atoms with E-state index in [1.54, 1.807) is 6.07 Å². The van der Waals surface area contributed by atoms with Gasteiger partial charge in [-0.25, -0.2) is 0 Å². The summed E-state index contributed by atoms with van der Waals surface area (Å²) in [6, 6.07) is 12.6. The van der Waals surface area contributed by atoms with Gasteiger partial charge in [0.05, 0.1) is 4.70 Å². The van der Waals surface area contributed by atoms with E-state index in [1.165, 1.54) is 11.1 Å². The number of aryl methyl sites for hydroxylation is 1. The highest BCUT2D eigenvalue weighted by Gasteiger charge is 2.22. The summed E-state index contributed by atoms with van der Waals surface area (Å²) < 4.78 is 6.36. The summed E-state index contributed by atoms with van der Waals surface area (Å²) in [5.41, 5.74) is 4.15. The standard InChI is InChI=1S/C28H38N4O4S/c1-20-3-2-4-21(19-20)8-15-32(23-10-17-36-18-11-23)16-9-25(34)30-14-13-29-12-7-22-5-6-24(33)26-27(22)37-28(35)31-26/h2-6,19,23,29,33H,7-18H2,1H3,(H,30,34)(H,31,35). The normalized spacial score (nSPS) is 14.4. The first kappa shape index (κ1) is 27.3. The summed E-state index contributed by atoms with van der Waals surface area (Å²) in [6.07, 6.45) is 4.25. The third-order valence-corrected chi connectivity index (χ3v) is 7.90. The van der Waals surface area contributed by atoms with E-state index in [2.05, 4.69) is 51.7 Å². The van der Waals surface area contributed by atoms with Crippen LogP contribution in [0.2, 0.25) is 0 Å². The molecule has 1 amide bonds. The van der Waals surface area contributed by atoms with Crippen molar-refractivity contribution in [3.63, 3.8) is 0 Å². The number of H-pyrrole nitrogens is 1. The fraction of sp³-hybridized carbons (Fsp3) is 0.500. The van der Waals surface area contributed by atoms with Crippen LogP contribution in [0.3, 0.4) is 0 Å². The number of hydrogen-bond donors (Lipinski definition) is 4. The van der Waals surface area contributed by atoms with Crippen LogP contribution in [0.5, 0.6) is 5.75 Å². The number of aromatic nitrogens is 1. The maximum atomic E-state index is 12.5. The first-order chi connectivity index (χ1) is 18.0. The van der Waals surface area contributed by atoms with Crippen molar-refractivity contribution in [3.8, 4) is 5.75 Å². The van der Waals surface area contributed by atoms with Crippen LogP contribution in [-0.4, -0.2) is 72.9 Å². The quantitative estimate of drug-likeness (QED) is 0.255. The number of fused-ring (bicyclic) bond motifs is 1. The minimum absolute atomic E-state index is 0.0757. The number of thiazole rings is 1. The zero-order chi connectivity index (χ0) is 26.0. The molecular weight excluding hydrogens is 488 g/mol. The number of hydrogen-bond acceptors (Lipinski definition) is 7. The average Bonchev–Trinajstić information content (AvgIpc) is 3.30. The molecule has 0 bridgehead atoms. The molecule has 1 aliphatic rings. The van der Waals surface area contributed by atoms with E-state index >= 15 is 0 Å². The van der Waals surface area contributed by atoms with Gasteiger partial charge >= 0.3 is 4.87 Å². The Kier molecular flexibility index (Phi) is 10.1. The second kappa shape index (κ2) is 13.7. The lowest BCUT2D eigenvalue weighted by atomic mass is 10.0. The van der Waals surface area contributed by atoms with Crippen molar-refractivity contribution in [2.45, 2.75) is 45.1 Å². The molecule has 3 aromatic rings. The second-order valence-corrected chi connectivity index (χ2v) is 10.7. The number of nitrogens with one attached hydrogen (secondary N) is 3. The Morgan fingerprint density at radius 1 is 1.14 bits per heavy atom.